The number of hydrogen-bond acceptors (Lipinski definition) is 12. The van der Waals surface area contributed by atoms with Gasteiger partial charge in [0.1, 0.15) is 17.8 Å². The zero-order valence-electron chi connectivity index (χ0n) is 31.1. The summed E-state index contributed by atoms with van der Waals surface area (Å²) in [5, 5.41) is 9.15. The molecule has 3 aliphatic heterocycles. The summed E-state index contributed by atoms with van der Waals surface area (Å²) in [7, 11) is 0. The van der Waals surface area contributed by atoms with E-state index in [0.717, 1.165) is 10.5 Å². The minimum Gasteiger partial charge on any atom is -0.481 e. The van der Waals surface area contributed by atoms with E-state index >= 15 is 0 Å². The number of carboxylic acids is 1. The molecule has 1 aromatic carbocycles. The molecule has 0 bridgehead atoms. The van der Waals surface area contributed by atoms with Crippen molar-refractivity contribution in [2.75, 3.05) is 46.0 Å². The van der Waals surface area contributed by atoms with Crippen molar-refractivity contribution in [2.45, 2.75) is 79.1 Å². The first kappa shape index (κ1) is 41.5. The first-order chi connectivity index (χ1) is 24.3. The molecule has 52 heavy (non-hydrogen) atoms. The van der Waals surface area contributed by atoms with Crippen LogP contribution in [0.5, 0.6) is 0 Å². The van der Waals surface area contributed by atoms with Crippen LogP contribution in [0.1, 0.15) is 61.0 Å². The van der Waals surface area contributed by atoms with E-state index in [1.54, 1.807) is 55.4 Å². The highest BCUT2D eigenvalue weighted by Gasteiger charge is 2.51. The van der Waals surface area contributed by atoms with Crippen LogP contribution in [0, 0.1) is 23.7 Å². The SMILES string of the molecule is CCOC(=O)[C@H]1CN(C(=O)OC(C)(C)C)C[C@@H]1C(=O)N1C(=O)OC[C@H]1Cc1ccccc1.CCOC(=O)[C@H]1CN(C(=O)OC(C)(C)C)C[C@@H]1C(=O)O. The van der Waals surface area contributed by atoms with Gasteiger partial charge in [0, 0.05) is 26.2 Å². The number of carbonyl (C=O) groups excluding carboxylic acids is 6. The number of rotatable bonds is 8. The molecule has 0 saturated carbocycles. The van der Waals surface area contributed by atoms with Crippen LogP contribution in [-0.2, 0) is 49.3 Å². The van der Waals surface area contributed by atoms with E-state index in [-0.39, 0.29) is 46.0 Å². The molecular weight excluding hydrogens is 682 g/mol. The van der Waals surface area contributed by atoms with Gasteiger partial charge in [0.25, 0.3) is 0 Å². The zero-order valence-corrected chi connectivity index (χ0v) is 31.1. The molecule has 0 radical (unpaired) electrons. The van der Waals surface area contributed by atoms with Crippen molar-refractivity contribution in [3.05, 3.63) is 35.9 Å². The fourth-order valence-electron chi connectivity index (χ4n) is 5.98. The van der Waals surface area contributed by atoms with E-state index in [1.807, 2.05) is 30.3 Å². The Morgan fingerprint density at radius 1 is 0.731 bits per heavy atom. The van der Waals surface area contributed by atoms with Crippen LogP contribution in [0.4, 0.5) is 14.4 Å². The van der Waals surface area contributed by atoms with Crippen molar-refractivity contribution < 1.29 is 62.4 Å². The highest BCUT2D eigenvalue weighted by Crippen LogP contribution is 2.31. The predicted octanol–water partition coefficient (Wildman–Crippen LogP) is 3.74. The Bertz CT molecular complexity index is 1470. The van der Waals surface area contributed by atoms with Gasteiger partial charge in [-0.1, -0.05) is 30.3 Å². The van der Waals surface area contributed by atoms with Crippen LogP contribution in [-0.4, -0.2) is 125 Å². The lowest BCUT2D eigenvalue weighted by molar-refractivity contribution is -0.155. The summed E-state index contributed by atoms with van der Waals surface area (Å²) in [5.74, 6) is -6.45. The molecule has 5 atom stereocenters. The highest BCUT2D eigenvalue weighted by molar-refractivity contribution is 5.97. The summed E-state index contributed by atoms with van der Waals surface area (Å²) in [5.41, 5.74) is -0.437. The maximum absolute atomic E-state index is 13.5. The molecule has 288 valence electrons. The maximum atomic E-state index is 13.5. The fourth-order valence-corrected chi connectivity index (χ4v) is 5.98. The van der Waals surface area contributed by atoms with Gasteiger partial charge in [-0.15, -0.1) is 0 Å². The number of hydrogen-bond donors (Lipinski definition) is 1. The smallest absolute Gasteiger partial charge is 0.416 e. The van der Waals surface area contributed by atoms with E-state index in [2.05, 4.69) is 0 Å². The molecule has 16 heteroatoms. The van der Waals surface area contributed by atoms with Crippen LogP contribution in [0.25, 0.3) is 0 Å². The molecule has 0 spiro atoms. The van der Waals surface area contributed by atoms with Crippen molar-refractivity contribution in [1.29, 1.82) is 0 Å². The number of esters is 2. The molecule has 3 aliphatic rings. The van der Waals surface area contributed by atoms with Gasteiger partial charge in [0.05, 0.1) is 42.9 Å². The standard InChI is InChI=1S/C23H30N2O7.C13H21NO6/c1-5-30-20(27)18-13-24(21(28)32-23(2,3)4)12-17(18)19(26)25-16(14-31-22(25)29)11-15-9-7-6-8-10-15;1-5-19-11(17)9-7-14(6-8(9)10(15)16)12(18)20-13(2,3)4/h6-10,16-18H,5,11-14H2,1-4H3;8-9H,5-7H2,1-4H3,(H,15,16)/t16-,17+,18+;8-,9-/m10/s1. The molecule has 3 heterocycles. The second kappa shape index (κ2) is 17.6. The molecule has 16 nitrogen and oxygen atoms in total. The lowest BCUT2D eigenvalue weighted by Crippen LogP contribution is -2.46. The molecule has 3 saturated heterocycles. The third-order valence-electron chi connectivity index (χ3n) is 8.27. The van der Waals surface area contributed by atoms with Crippen molar-refractivity contribution in [2.24, 2.45) is 23.7 Å². The Hall–Kier alpha value is -4.89. The lowest BCUT2D eigenvalue weighted by atomic mass is 9.93. The molecule has 1 N–H and O–H groups in total. The van der Waals surface area contributed by atoms with Gasteiger partial charge in [-0.25, -0.2) is 19.3 Å². The van der Waals surface area contributed by atoms with E-state index in [0.29, 0.717) is 6.42 Å². The fraction of sp³-hybridized carbons (Fsp3) is 0.639. The van der Waals surface area contributed by atoms with Gasteiger partial charge in [-0.05, 0) is 67.4 Å². The topological polar surface area (TPSA) is 196 Å². The zero-order chi connectivity index (χ0) is 39.0. The number of imide groups is 1. The van der Waals surface area contributed by atoms with E-state index in [1.165, 1.54) is 9.80 Å². The summed E-state index contributed by atoms with van der Waals surface area (Å²) in [4.78, 5) is 89.6. The third kappa shape index (κ3) is 11.3. The predicted molar refractivity (Wildman–Crippen MR) is 183 cm³/mol. The van der Waals surface area contributed by atoms with Crippen LogP contribution < -0.4 is 0 Å². The van der Waals surface area contributed by atoms with Crippen molar-refractivity contribution in [3.63, 3.8) is 0 Å². The number of benzene rings is 1. The molecule has 0 unspecified atom stereocenters. The second-order valence-corrected chi connectivity index (χ2v) is 14.7. The van der Waals surface area contributed by atoms with Crippen LogP contribution in [0.15, 0.2) is 30.3 Å². The summed E-state index contributed by atoms with van der Waals surface area (Å²) in [6.45, 7) is 14.0. The second-order valence-electron chi connectivity index (χ2n) is 14.7. The number of carbonyl (C=O) groups is 7. The number of likely N-dealkylation sites (tertiary alicyclic amines) is 2. The van der Waals surface area contributed by atoms with E-state index in [4.69, 9.17) is 28.8 Å². The van der Waals surface area contributed by atoms with Gasteiger partial charge < -0.3 is 38.6 Å². The molecule has 4 amide bonds. The Morgan fingerprint density at radius 2 is 1.17 bits per heavy atom. The van der Waals surface area contributed by atoms with Crippen LogP contribution >= 0.6 is 0 Å². The van der Waals surface area contributed by atoms with Crippen molar-refractivity contribution in [3.8, 4) is 0 Å². The van der Waals surface area contributed by atoms with Crippen LogP contribution in [0.3, 0.4) is 0 Å². The van der Waals surface area contributed by atoms with Crippen molar-refractivity contribution >= 4 is 42.1 Å². The monoisotopic (exact) mass is 733 g/mol. The number of amides is 4. The number of aliphatic carboxylic acids is 1. The maximum Gasteiger partial charge on any atom is 0.416 e. The van der Waals surface area contributed by atoms with Crippen molar-refractivity contribution in [1.82, 2.24) is 14.7 Å². The quantitative estimate of drug-likeness (QED) is 0.300. The normalized spacial score (nSPS) is 22.9. The molecule has 0 aliphatic carbocycles. The van der Waals surface area contributed by atoms with Crippen LogP contribution in [0.2, 0.25) is 0 Å². The highest BCUT2D eigenvalue weighted by atomic mass is 16.6. The summed E-state index contributed by atoms with van der Waals surface area (Å²) >= 11 is 0. The Labute approximate surface area is 303 Å². The number of cyclic esters (lactones) is 1. The van der Waals surface area contributed by atoms with E-state index in [9.17, 15) is 33.6 Å². The summed E-state index contributed by atoms with van der Waals surface area (Å²) in [6.07, 6.45) is -1.54. The number of ether oxygens (including phenoxy) is 5. The molecule has 3 fully saturated rings. The average Bonchev–Trinajstić information content (AvgIpc) is 3.78. The molecular formula is C36H51N3O13. The lowest BCUT2D eigenvalue weighted by Gasteiger charge is -2.25. The van der Waals surface area contributed by atoms with Gasteiger partial charge in [0.15, 0.2) is 0 Å². The number of carboxylic acid groups (broad SMARTS) is 1. The molecule has 4 rings (SSSR count). The van der Waals surface area contributed by atoms with E-state index < -0.39 is 83.0 Å². The first-order valence-corrected chi connectivity index (χ1v) is 17.3. The number of nitrogens with zero attached hydrogens (tertiary/aromatic N) is 3. The van der Waals surface area contributed by atoms with Gasteiger partial charge in [0.2, 0.25) is 5.91 Å². The first-order valence-electron chi connectivity index (χ1n) is 17.3. The third-order valence-corrected chi connectivity index (χ3v) is 8.27. The largest absolute Gasteiger partial charge is 0.481 e. The van der Waals surface area contributed by atoms with Gasteiger partial charge in [-0.2, -0.15) is 0 Å². The summed E-state index contributed by atoms with van der Waals surface area (Å²) in [6, 6.07) is 8.98. The van der Waals surface area contributed by atoms with Gasteiger partial charge >= 0.3 is 36.2 Å². The Balaban J connectivity index is 0.000000314. The van der Waals surface area contributed by atoms with Gasteiger partial charge in [-0.3, -0.25) is 19.2 Å². The average molecular weight is 734 g/mol. The Morgan fingerprint density at radius 3 is 1.62 bits per heavy atom. The minimum atomic E-state index is -1.12. The summed E-state index contributed by atoms with van der Waals surface area (Å²) < 4.78 is 25.7. The molecule has 0 aromatic heterocycles. The Kier molecular flexibility index (Phi) is 14.0. The molecule has 1 aromatic rings. The minimum absolute atomic E-state index is 0.00468.